The first kappa shape index (κ1) is 23.3. The number of aliphatic hydroxyl groups is 1. The van der Waals surface area contributed by atoms with Gasteiger partial charge in [0, 0.05) is 23.1 Å². The number of thioether (sulfide) groups is 1. The zero-order valence-electron chi connectivity index (χ0n) is 17.4. The second kappa shape index (κ2) is 9.97. The van der Waals surface area contributed by atoms with Crippen molar-refractivity contribution in [2.75, 3.05) is 23.4 Å². The van der Waals surface area contributed by atoms with Gasteiger partial charge >= 0.3 is 6.18 Å². The lowest BCUT2D eigenvalue weighted by Gasteiger charge is -2.08. The minimum absolute atomic E-state index is 0.0146. The molecule has 2 aromatic heterocycles. The Labute approximate surface area is 195 Å². The number of halogens is 3. The van der Waals surface area contributed by atoms with Crippen LogP contribution in [-0.2, 0) is 6.18 Å². The molecule has 0 saturated carbocycles. The molecule has 2 heterocycles. The molecule has 34 heavy (non-hydrogen) atoms. The Morgan fingerprint density at radius 2 is 1.85 bits per heavy atom. The van der Waals surface area contributed by atoms with Gasteiger partial charge in [0.25, 0.3) is 0 Å². The summed E-state index contributed by atoms with van der Waals surface area (Å²) in [5.41, 5.74) is 5.91. The third-order valence-electron chi connectivity index (χ3n) is 4.31. The van der Waals surface area contributed by atoms with E-state index in [2.05, 4.69) is 30.5 Å². The number of nitrogens with two attached hydrogens (primary N) is 1. The van der Waals surface area contributed by atoms with E-state index in [1.54, 1.807) is 24.3 Å². The van der Waals surface area contributed by atoms with E-state index in [1.165, 1.54) is 30.0 Å². The first-order valence-corrected chi connectivity index (χ1v) is 10.8. The molecule has 5 N–H and O–H groups in total. The number of nitrogen functional groups attached to an aromatic ring is 1. The molecule has 0 fully saturated rings. The molecule has 0 aliphatic rings. The minimum atomic E-state index is -4.44. The van der Waals surface area contributed by atoms with Crippen LogP contribution in [0.5, 0.6) is 11.6 Å². The van der Waals surface area contributed by atoms with Gasteiger partial charge in [-0.1, -0.05) is 17.8 Å². The standard InChI is InChI=1S/C21H18F3N7O2S/c22-21(23,24)13-2-1-3-14(10-13)26-19-29-18(30-31-19)12-4-6-15(7-5-12)33-17-11-16(25)27-20(28-17)34-9-8-32/h1-7,10-11,32H,8-9H2,(H2,25,27,28)(H2,26,29,30,31). The van der Waals surface area contributed by atoms with E-state index in [0.29, 0.717) is 28.0 Å². The van der Waals surface area contributed by atoms with E-state index in [0.717, 1.165) is 12.1 Å². The SMILES string of the molecule is Nc1cc(Oc2ccc(-c3nc(Nc4cccc(C(F)(F)F)c4)n[nH]3)cc2)nc(SCCO)n1. The van der Waals surface area contributed by atoms with Crippen molar-refractivity contribution in [3.05, 3.63) is 60.2 Å². The predicted molar refractivity (Wildman–Crippen MR) is 121 cm³/mol. The topological polar surface area (TPSA) is 135 Å². The van der Waals surface area contributed by atoms with Crippen molar-refractivity contribution in [1.82, 2.24) is 25.1 Å². The van der Waals surface area contributed by atoms with E-state index in [9.17, 15) is 13.2 Å². The quantitative estimate of drug-likeness (QED) is 0.209. The van der Waals surface area contributed by atoms with Crippen molar-refractivity contribution < 1.29 is 23.0 Å². The van der Waals surface area contributed by atoms with Gasteiger partial charge in [0.05, 0.1) is 12.2 Å². The molecule has 176 valence electrons. The lowest BCUT2D eigenvalue weighted by Crippen LogP contribution is -2.05. The number of aromatic nitrogens is 5. The fraction of sp³-hybridized carbons (Fsp3) is 0.143. The number of anilines is 3. The monoisotopic (exact) mass is 489 g/mol. The largest absolute Gasteiger partial charge is 0.439 e. The molecule has 0 aliphatic carbocycles. The van der Waals surface area contributed by atoms with Crippen LogP contribution >= 0.6 is 11.8 Å². The Bertz CT molecular complexity index is 1270. The van der Waals surface area contributed by atoms with Crippen molar-refractivity contribution in [2.24, 2.45) is 0 Å². The molecule has 0 bridgehead atoms. The molecule has 4 aromatic rings. The minimum Gasteiger partial charge on any atom is -0.439 e. The zero-order valence-corrected chi connectivity index (χ0v) is 18.2. The van der Waals surface area contributed by atoms with Crippen LogP contribution in [-0.4, -0.2) is 42.6 Å². The van der Waals surface area contributed by atoms with Crippen LogP contribution in [0.1, 0.15) is 5.56 Å². The van der Waals surface area contributed by atoms with Gasteiger partial charge in [-0.05, 0) is 42.5 Å². The van der Waals surface area contributed by atoms with E-state index in [1.807, 2.05) is 0 Å². The maximum absolute atomic E-state index is 12.9. The molecule has 0 spiro atoms. The number of ether oxygens (including phenoxy) is 1. The van der Waals surface area contributed by atoms with Gasteiger partial charge < -0.3 is 20.9 Å². The smallest absolute Gasteiger partial charge is 0.416 e. The summed E-state index contributed by atoms with van der Waals surface area (Å²) in [6.07, 6.45) is -4.44. The van der Waals surface area contributed by atoms with Gasteiger partial charge in [-0.2, -0.15) is 23.1 Å². The number of hydrogen-bond acceptors (Lipinski definition) is 9. The summed E-state index contributed by atoms with van der Waals surface area (Å²) in [6.45, 7) is -0.0146. The molecule has 0 amide bonds. The zero-order chi connectivity index (χ0) is 24.1. The van der Waals surface area contributed by atoms with Gasteiger partial charge in [0.15, 0.2) is 11.0 Å². The average molecular weight is 489 g/mol. The summed E-state index contributed by atoms with van der Waals surface area (Å²) in [6, 6.07) is 13.1. The molecule has 0 atom stereocenters. The molecule has 13 heteroatoms. The molecular formula is C21H18F3N7O2S. The van der Waals surface area contributed by atoms with Crippen LogP contribution < -0.4 is 15.8 Å². The summed E-state index contributed by atoms with van der Waals surface area (Å²) in [5.74, 6) is 1.95. The Balaban J connectivity index is 1.44. The van der Waals surface area contributed by atoms with Crippen LogP contribution in [0.25, 0.3) is 11.4 Å². The number of H-pyrrole nitrogens is 1. The summed E-state index contributed by atoms with van der Waals surface area (Å²) in [7, 11) is 0. The van der Waals surface area contributed by atoms with Crippen molar-refractivity contribution in [2.45, 2.75) is 11.3 Å². The molecule has 4 rings (SSSR count). The number of nitrogens with zero attached hydrogens (tertiary/aromatic N) is 4. The summed E-state index contributed by atoms with van der Waals surface area (Å²) in [5, 5.41) is 18.8. The number of alkyl halides is 3. The third kappa shape index (κ3) is 5.94. The molecule has 0 aliphatic heterocycles. The van der Waals surface area contributed by atoms with Gasteiger partial charge in [-0.25, -0.2) is 4.98 Å². The Hall–Kier alpha value is -3.84. The molecular weight excluding hydrogens is 471 g/mol. The Morgan fingerprint density at radius 1 is 1.06 bits per heavy atom. The Morgan fingerprint density at radius 3 is 2.59 bits per heavy atom. The van der Waals surface area contributed by atoms with Gasteiger partial charge in [-0.15, -0.1) is 5.10 Å². The van der Waals surface area contributed by atoms with Gasteiger partial charge in [0.1, 0.15) is 11.6 Å². The maximum atomic E-state index is 12.9. The molecule has 0 saturated heterocycles. The average Bonchev–Trinajstić information content (AvgIpc) is 3.26. The fourth-order valence-electron chi connectivity index (χ4n) is 2.83. The highest BCUT2D eigenvalue weighted by molar-refractivity contribution is 7.99. The highest BCUT2D eigenvalue weighted by atomic mass is 32.2. The highest BCUT2D eigenvalue weighted by Gasteiger charge is 2.30. The first-order chi connectivity index (χ1) is 16.3. The van der Waals surface area contributed by atoms with Gasteiger partial charge in [-0.3, -0.25) is 5.10 Å². The van der Waals surface area contributed by atoms with Crippen molar-refractivity contribution >= 4 is 29.2 Å². The number of aliphatic hydroxyl groups excluding tert-OH is 1. The van der Waals surface area contributed by atoms with Gasteiger partial charge in [0.2, 0.25) is 11.8 Å². The van der Waals surface area contributed by atoms with Crippen LogP contribution in [0.3, 0.4) is 0 Å². The summed E-state index contributed by atoms with van der Waals surface area (Å²) < 4.78 is 44.4. The molecule has 0 unspecified atom stereocenters. The van der Waals surface area contributed by atoms with E-state index in [4.69, 9.17) is 15.6 Å². The lowest BCUT2D eigenvalue weighted by atomic mass is 10.2. The van der Waals surface area contributed by atoms with E-state index in [-0.39, 0.29) is 29.9 Å². The summed E-state index contributed by atoms with van der Waals surface area (Å²) in [4.78, 5) is 12.6. The van der Waals surface area contributed by atoms with Crippen molar-refractivity contribution in [1.29, 1.82) is 0 Å². The predicted octanol–water partition coefficient (Wildman–Crippen LogP) is 4.48. The summed E-state index contributed by atoms with van der Waals surface area (Å²) >= 11 is 1.25. The fourth-order valence-corrected chi connectivity index (χ4v) is 3.42. The van der Waals surface area contributed by atoms with Crippen LogP contribution in [0.4, 0.5) is 30.6 Å². The molecule has 2 aromatic carbocycles. The molecule has 9 nitrogen and oxygen atoms in total. The van der Waals surface area contributed by atoms with Crippen molar-refractivity contribution in [3.63, 3.8) is 0 Å². The number of aromatic amines is 1. The first-order valence-electron chi connectivity index (χ1n) is 9.83. The van der Waals surface area contributed by atoms with E-state index < -0.39 is 11.7 Å². The van der Waals surface area contributed by atoms with E-state index >= 15 is 0 Å². The number of hydrogen-bond donors (Lipinski definition) is 4. The second-order valence-electron chi connectivity index (χ2n) is 6.82. The lowest BCUT2D eigenvalue weighted by molar-refractivity contribution is -0.137. The normalized spacial score (nSPS) is 11.4. The Kier molecular flexibility index (Phi) is 6.84. The third-order valence-corrected chi connectivity index (χ3v) is 5.13. The highest BCUT2D eigenvalue weighted by Crippen LogP contribution is 2.31. The van der Waals surface area contributed by atoms with Crippen LogP contribution in [0.15, 0.2) is 59.8 Å². The number of rotatable bonds is 8. The number of nitrogens with one attached hydrogen (secondary N) is 2. The number of benzene rings is 2. The van der Waals surface area contributed by atoms with Crippen LogP contribution in [0.2, 0.25) is 0 Å². The second-order valence-corrected chi connectivity index (χ2v) is 7.89. The maximum Gasteiger partial charge on any atom is 0.416 e. The molecule has 0 radical (unpaired) electrons. The van der Waals surface area contributed by atoms with Crippen molar-refractivity contribution in [3.8, 4) is 23.0 Å². The van der Waals surface area contributed by atoms with Crippen LogP contribution in [0, 0.1) is 0 Å².